The fourth-order valence-corrected chi connectivity index (χ4v) is 6.01. The molecular weight excluding hydrogens is 460 g/mol. The Morgan fingerprint density at radius 3 is 2.70 bits per heavy atom. The smallest absolute Gasteiger partial charge is 0.352 e. The van der Waals surface area contributed by atoms with Crippen molar-refractivity contribution in [3.8, 4) is 0 Å². The van der Waals surface area contributed by atoms with E-state index in [1.165, 1.54) is 35.3 Å². The van der Waals surface area contributed by atoms with Crippen molar-refractivity contribution < 1.29 is 32.6 Å². The van der Waals surface area contributed by atoms with Gasteiger partial charge in [-0.3, -0.25) is 14.5 Å². The second kappa shape index (κ2) is 8.16. The number of amides is 2. The molecule has 2 atom stereocenters. The quantitative estimate of drug-likeness (QED) is 0.241. The Hall–Kier alpha value is -2.17. The highest BCUT2D eigenvalue weighted by Gasteiger charge is 2.66. The summed E-state index contributed by atoms with van der Waals surface area (Å²) in [5.41, 5.74) is -1.55. The number of ether oxygens (including phenoxy) is 1. The van der Waals surface area contributed by atoms with Gasteiger partial charge in [0.2, 0.25) is 11.1 Å². The molecule has 0 aliphatic carbocycles. The molecule has 0 unspecified atom stereocenters. The van der Waals surface area contributed by atoms with Crippen LogP contribution in [0.25, 0.3) is 0 Å². The number of aromatic nitrogens is 4. The first kappa shape index (κ1) is 22.5. The van der Waals surface area contributed by atoms with E-state index in [0.717, 1.165) is 11.2 Å². The molecule has 1 fully saturated rings. The van der Waals surface area contributed by atoms with Crippen molar-refractivity contribution >= 4 is 51.1 Å². The van der Waals surface area contributed by atoms with Crippen molar-refractivity contribution in [1.82, 2.24) is 30.4 Å². The normalized spacial score (nSPS) is 23.8. The SMILES string of the molecule is CO[C@@]1(NC(=O)CS(C)(=O)=O)C(=O)N2C(C(=O)O)=C(CSc3nnnn3C)CS[C@@H]21. The minimum absolute atomic E-state index is 0.198. The van der Waals surface area contributed by atoms with Crippen molar-refractivity contribution in [2.75, 3.05) is 30.6 Å². The Balaban J connectivity index is 1.83. The summed E-state index contributed by atoms with van der Waals surface area (Å²) in [6.45, 7) is 0. The number of carbonyl (C=O) groups is 3. The number of carbonyl (C=O) groups excluding carboxylic acids is 2. The first-order valence-electron chi connectivity index (χ1n) is 8.29. The van der Waals surface area contributed by atoms with E-state index in [2.05, 4.69) is 20.8 Å². The monoisotopic (exact) mass is 478 g/mol. The zero-order chi connectivity index (χ0) is 22.3. The minimum Gasteiger partial charge on any atom is -0.477 e. The molecule has 0 aromatic carbocycles. The van der Waals surface area contributed by atoms with Crippen LogP contribution in [0.1, 0.15) is 0 Å². The molecule has 0 spiro atoms. The molecule has 0 radical (unpaired) electrons. The number of aryl methyl sites for hydroxylation is 1. The van der Waals surface area contributed by atoms with Gasteiger partial charge in [-0.05, 0) is 16.0 Å². The maximum absolute atomic E-state index is 12.9. The van der Waals surface area contributed by atoms with Crippen LogP contribution in [0.15, 0.2) is 16.4 Å². The molecule has 164 valence electrons. The molecule has 3 heterocycles. The summed E-state index contributed by atoms with van der Waals surface area (Å²) in [5.74, 6) is -3.33. The second-order valence-electron chi connectivity index (χ2n) is 6.53. The number of sulfone groups is 1. The van der Waals surface area contributed by atoms with Gasteiger partial charge in [-0.25, -0.2) is 17.9 Å². The van der Waals surface area contributed by atoms with E-state index < -0.39 is 44.5 Å². The lowest BCUT2D eigenvalue weighted by atomic mass is 9.98. The second-order valence-corrected chi connectivity index (χ2v) is 10.7. The van der Waals surface area contributed by atoms with Gasteiger partial charge < -0.3 is 15.2 Å². The third-order valence-corrected chi connectivity index (χ3v) is 7.57. The van der Waals surface area contributed by atoms with Crippen molar-refractivity contribution in [3.05, 3.63) is 11.3 Å². The van der Waals surface area contributed by atoms with Gasteiger partial charge >= 0.3 is 5.97 Å². The molecular formula is C14H18N6O7S3. The molecule has 2 aliphatic rings. The van der Waals surface area contributed by atoms with Crippen LogP contribution in [0, 0.1) is 0 Å². The minimum atomic E-state index is -3.62. The third kappa shape index (κ3) is 4.03. The van der Waals surface area contributed by atoms with Gasteiger partial charge in [-0.1, -0.05) is 11.8 Å². The summed E-state index contributed by atoms with van der Waals surface area (Å²) in [6, 6.07) is 0. The number of rotatable bonds is 8. The topological polar surface area (TPSA) is 174 Å². The summed E-state index contributed by atoms with van der Waals surface area (Å²) in [6.07, 6.45) is 0.887. The lowest BCUT2D eigenvalue weighted by molar-refractivity contribution is -0.192. The highest BCUT2D eigenvalue weighted by molar-refractivity contribution is 8.01. The number of nitrogens with one attached hydrogen (secondary N) is 1. The number of tetrazole rings is 1. The Morgan fingerprint density at radius 1 is 1.47 bits per heavy atom. The third-order valence-electron chi connectivity index (χ3n) is 4.31. The van der Waals surface area contributed by atoms with Gasteiger partial charge in [0.1, 0.15) is 16.8 Å². The first-order chi connectivity index (χ1) is 14.0. The lowest BCUT2D eigenvalue weighted by Crippen LogP contribution is -2.81. The Labute approximate surface area is 179 Å². The van der Waals surface area contributed by atoms with Crippen LogP contribution >= 0.6 is 23.5 Å². The molecule has 2 N–H and O–H groups in total. The van der Waals surface area contributed by atoms with Crippen molar-refractivity contribution in [2.45, 2.75) is 16.3 Å². The fourth-order valence-electron chi connectivity index (χ4n) is 3.03. The maximum Gasteiger partial charge on any atom is 0.352 e. The highest BCUT2D eigenvalue weighted by Crippen LogP contribution is 2.47. The van der Waals surface area contributed by atoms with E-state index >= 15 is 0 Å². The number of hydrogen-bond acceptors (Lipinski definition) is 11. The fraction of sp³-hybridized carbons (Fsp3) is 0.571. The zero-order valence-electron chi connectivity index (χ0n) is 16.1. The maximum atomic E-state index is 12.9. The summed E-state index contributed by atoms with van der Waals surface area (Å²) < 4.78 is 29.4. The van der Waals surface area contributed by atoms with Crippen LogP contribution in [-0.2, 0) is 36.0 Å². The summed E-state index contributed by atoms with van der Waals surface area (Å²) in [4.78, 5) is 37.9. The Kier molecular flexibility index (Phi) is 6.13. The molecule has 2 amide bonds. The van der Waals surface area contributed by atoms with Gasteiger partial charge in [0.15, 0.2) is 9.84 Å². The van der Waals surface area contributed by atoms with Crippen molar-refractivity contribution in [1.29, 1.82) is 0 Å². The van der Waals surface area contributed by atoms with E-state index in [1.54, 1.807) is 7.05 Å². The molecule has 2 aliphatic heterocycles. The van der Waals surface area contributed by atoms with Crippen molar-refractivity contribution in [3.63, 3.8) is 0 Å². The number of methoxy groups -OCH3 is 1. The number of thioether (sulfide) groups is 2. The van der Waals surface area contributed by atoms with Crippen LogP contribution in [0.3, 0.4) is 0 Å². The number of hydrogen-bond donors (Lipinski definition) is 2. The number of carboxylic acid groups (broad SMARTS) is 1. The van der Waals surface area contributed by atoms with Gasteiger partial charge in [0, 0.05) is 31.9 Å². The molecule has 1 saturated heterocycles. The number of fused-ring (bicyclic) bond motifs is 1. The van der Waals surface area contributed by atoms with Gasteiger partial charge in [-0.2, -0.15) is 0 Å². The van der Waals surface area contributed by atoms with Gasteiger partial charge in [0.25, 0.3) is 11.6 Å². The number of β-lactam (4-membered cyclic amide) rings is 1. The van der Waals surface area contributed by atoms with E-state index in [0.29, 0.717) is 10.7 Å². The molecule has 0 bridgehead atoms. The largest absolute Gasteiger partial charge is 0.477 e. The summed E-state index contributed by atoms with van der Waals surface area (Å²) in [7, 11) is -0.792. The summed E-state index contributed by atoms with van der Waals surface area (Å²) in [5, 5.41) is 22.7. The molecule has 1 aromatic rings. The molecule has 3 rings (SSSR count). The number of aliphatic carboxylic acids is 1. The molecule has 30 heavy (non-hydrogen) atoms. The molecule has 16 heteroatoms. The van der Waals surface area contributed by atoms with Gasteiger partial charge in [-0.15, -0.1) is 16.9 Å². The first-order valence-corrected chi connectivity index (χ1v) is 12.4. The predicted molar refractivity (Wildman–Crippen MR) is 105 cm³/mol. The number of carboxylic acids is 1. The number of nitrogens with zero attached hydrogens (tertiary/aromatic N) is 5. The molecule has 0 saturated carbocycles. The van der Waals surface area contributed by atoms with E-state index in [4.69, 9.17) is 4.74 Å². The molecule has 1 aromatic heterocycles. The highest BCUT2D eigenvalue weighted by atomic mass is 32.2. The molecule has 13 nitrogen and oxygen atoms in total. The van der Waals surface area contributed by atoms with Crippen LogP contribution in [0.2, 0.25) is 0 Å². The average molecular weight is 479 g/mol. The lowest BCUT2D eigenvalue weighted by Gasteiger charge is -2.55. The van der Waals surface area contributed by atoms with Crippen LogP contribution in [-0.4, -0.2) is 98.1 Å². The van der Waals surface area contributed by atoms with E-state index in [9.17, 15) is 27.9 Å². The standard InChI is InChI=1S/C14H18N6O7S3/c1-19-13(16-17-18-19)29-5-7-4-28-12-14(27-2,15-8(21)6-30(3,25)26)11(24)20(12)9(7)10(22)23/h12H,4-6H2,1-3H3,(H,15,21)(H,22,23)/t12-,14+/m1/s1. The van der Waals surface area contributed by atoms with Gasteiger partial charge in [0.05, 0.1) is 0 Å². The average Bonchev–Trinajstić information content (AvgIpc) is 3.06. The van der Waals surface area contributed by atoms with Crippen molar-refractivity contribution in [2.24, 2.45) is 7.05 Å². The van der Waals surface area contributed by atoms with Crippen LogP contribution in [0.5, 0.6) is 0 Å². The Morgan fingerprint density at radius 2 is 2.17 bits per heavy atom. The zero-order valence-corrected chi connectivity index (χ0v) is 18.5. The van der Waals surface area contributed by atoms with Crippen LogP contribution in [0.4, 0.5) is 0 Å². The van der Waals surface area contributed by atoms with E-state index in [-0.39, 0.29) is 17.2 Å². The Bertz CT molecular complexity index is 1040. The van der Waals surface area contributed by atoms with Crippen LogP contribution < -0.4 is 5.32 Å². The predicted octanol–water partition coefficient (Wildman–Crippen LogP) is -1.94. The summed E-state index contributed by atoms with van der Waals surface area (Å²) >= 11 is 2.42. The van der Waals surface area contributed by atoms with E-state index in [1.807, 2.05) is 0 Å².